The zero-order valence-electron chi connectivity index (χ0n) is 9.84. The second kappa shape index (κ2) is 4.53. The summed E-state index contributed by atoms with van der Waals surface area (Å²) < 4.78 is 5.43. The normalized spacial score (nSPS) is 18.0. The predicted molar refractivity (Wildman–Crippen MR) is 65.6 cm³/mol. The summed E-state index contributed by atoms with van der Waals surface area (Å²) in [6, 6.07) is 4.92. The molecule has 1 atom stereocenters. The van der Waals surface area contributed by atoms with Crippen LogP contribution in [0.15, 0.2) is 18.2 Å². The molecule has 0 spiro atoms. The second-order valence-corrected chi connectivity index (χ2v) is 3.98. The molecule has 1 aliphatic rings. The molecule has 0 bridgehead atoms. The molecule has 7 heteroatoms. The van der Waals surface area contributed by atoms with Gasteiger partial charge in [0.1, 0.15) is 12.3 Å². The molecular weight excluding hydrogens is 236 g/mol. The van der Waals surface area contributed by atoms with Crippen molar-refractivity contribution in [3.05, 3.63) is 18.2 Å². The average Bonchev–Trinajstić information content (AvgIpc) is 2.35. The number of nitrogens with one attached hydrogen (secondary N) is 1. The number of amides is 2. The lowest BCUT2D eigenvalue weighted by Gasteiger charge is -2.32. The maximum absolute atomic E-state index is 12.0. The van der Waals surface area contributed by atoms with Crippen LogP contribution in [-0.4, -0.2) is 24.5 Å². The lowest BCUT2D eigenvalue weighted by molar-refractivity contribution is -0.128. The number of nitrogen functional groups attached to an aromatic ring is 1. The smallest absolute Gasteiger partial charge is 0.268 e. The van der Waals surface area contributed by atoms with Gasteiger partial charge in [-0.2, -0.15) is 0 Å². The summed E-state index contributed by atoms with van der Waals surface area (Å²) in [4.78, 5) is 24.6. The predicted octanol–water partition coefficient (Wildman–Crippen LogP) is -0.627. The van der Waals surface area contributed by atoms with Crippen molar-refractivity contribution in [2.75, 3.05) is 17.2 Å². The zero-order chi connectivity index (χ0) is 13.3. The quantitative estimate of drug-likeness (QED) is 0.280. The molecular formula is C11H14N4O3. The fourth-order valence-corrected chi connectivity index (χ4v) is 1.78. The van der Waals surface area contributed by atoms with Crippen LogP contribution in [0.25, 0.3) is 0 Å². The Balaban J connectivity index is 2.40. The molecule has 0 saturated heterocycles. The number of nitrogens with two attached hydrogens (primary N) is 2. The molecule has 5 N–H and O–H groups in total. The van der Waals surface area contributed by atoms with Crippen LogP contribution in [0.4, 0.5) is 11.4 Å². The summed E-state index contributed by atoms with van der Waals surface area (Å²) in [6.07, 6.45) is -0.647. The molecule has 2 rings (SSSR count). The van der Waals surface area contributed by atoms with E-state index >= 15 is 0 Å². The van der Waals surface area contributed by atoms with Crippen LogP contribution in [0.1, 0.15) is 6.92 Å². The summed E-state index contributed by atoms with van der Waals surface area (Å²) in [5, 5.41) is 0. The number of carbonyl (C=O) groups excluding carboxylic acids is 2. The Kier molecular flexibility index (Phi) is 3.07. The number of anilines is 2. The van der Waals surface area contributed by atoms with Crippen LogP contribution >= 0.6 is 0 Å². The zero-order valence-corrected chi connectivity index (χ0v) is 9.84. The largest absolute Gasteiger partial charge is 0.479 e. The van der Waals surface area contributed by atoms with E-state index in [0.29, 0.717) is 17.1 Å². The van der Waals surface area contributed by atoms with E-state index in [0.717, 1.165) is 0 Å². The minimum atomic E-state index is -0.647. The monoisotopic (exact) mass is 250 g/mol. The van der Waals surface area contributed by atoms with Crippen LogP contribution in [0.3, 0.4) is 0 Å². The van der Waals surface area contributed by atoms with E-state index in [1.165, 1.54) is 4.90 Å². The van der Waals surface area contributed by atoms with Gasteiger partial charge in [-0.15, -0.1) is 0 Å². The van der Waals surface area contributed by atoms with Crippen molar-refractivity contribution < 1.29 is 14.3 Å². The lowest BCUT2D eigenvalue weighted by atomic mass is 10.1. The van der Waals surface area contributed by atoms with Crippen LogP contribution in [-0.2, 0) is 9.59 Å². The number of hydrogen-bond donors (Lipinski definition) is 3. The third-order valence-electron chi connectivity index (χ3n) is 2.65. The van der Waals surface area contributed by atoms with E-state index in [2.05, 4.69) is 0 Å². The first-order valence-corrected chi connectivity index (χ1v) is 5.40. The summed E-state index contributed by atoms with van der Waals surface area (Å²) in [5.41, 5.74) is 8.61. The molecule has 2 amide bonds. The third kappa shape index (κ3) is 2.07. The van der Waals surface area contributed by atoms with Gasteiger partial charge >= 0.3 is 0 Å². The summed E-state index contributed by atoms with van der Waals surface area (Å²) >= 11 is 0. The van der Waals surface area contributed by atoms with Crippen LogP contribution in [0.5, 0.6) is 5.75 Å². The van der Waals surface area contributed by atoms with Gasteiger partial charge in [-0.3, -0.25) is 19.9 Å². The fraction of sp³-hybridized carbons (Fsp3) is 0.273. The number of fused-ring (bicyclic) bond motifs is 1. The Bertz CT molecular complexity index is 503. The second-order valence-electron chi connectivity index (χ2n) is 3.98. The molecule has 0 saturated carbocycles. The third-order valence-corrected chi connectivity index (χ3v) is 2.65. The number of benzene rings is 1. The number of ether oxygens (including phenoxy) is 1. The van der Waals surface area contributed by atoms with Gasteiger partial charge in [0.25, 0.3) is 11.8 Å². The van der Waals surface area contributed by atoms with Crippen molar-refractivity contribution in [2.45, 2.75) is 13.0 Å². The maximum atomic E-state index is 12.0. The van der Waals surface area contributed by atoms with Gasteiger partial charge in [-0.25, -0.2) is 5.84 Å². The molecule has 1 heterocycles. The summed E-state index contributed by atoms with van der Waals surface area (Å²) in [6.45, 7) is 1.45. The first kappa shape index (κ1) is 12.2. The van der Waals surface area contributed by atoms with E-state index in [-0.39, 0.29) is 12.5 Å². The van der Waals surface area contributed by atoms with Crippen molar-refractivity contribution >= 4 is 23.2 Å². The fourth-order valence-electron chi connectivity index (χ4n) is 1.78. The van der Waals surface area contributed by atoms with E-state index in [4.69, 9.17) is 16.3 Å². The molecule has 0 radical (unpaired) electrons. The molecule has 0 aromatic heterocycles. The topological polar surface area (TPSA) is 111 Å². The first-order valence-electron chi connectivity index (χ1n) is 5.40. The summed E-state index contributed by atoms with van der Waals surface area (Å²) in [5.74, 6) is 4.77. The Morgan fingerprint density at radius 2 is 2.28 bits per heavy atom. The highest BCUT2D eigenvalue weighted by Gasteiger charge is 2.32. The number of nitrogens with zero attached hydrogens (tertiary/aromatic N) is 1. The van der Waals surface area contributed by atoms with Gasteiger partial charge in [-0.1, -0.05) is 0 Å². The van der Waals surface area contributed by atoms with E-state index in [1.807, 2.05) is 5.43 Å². The Labute approximate surface area is 104 Å². The van der Waals surface area contributed by atoms with Gasteiger partial charge < -0.3 is 10.5 Å². The van der Waals surface area contributed by atoms with Gasteiger partial charge in [0.2, 0.25) is 0 Å². The van der Waals surface area contributed by atoms with Crippen molar-refractivity contribution in [1.29, 1.82) is 0 Å². The molecule has 7 nitrogen and oxygen atoms in total. The van der Waals surface area contributed by atoms with Crippen molar-refractivity contribution in [1.82, 2.24) is 5.43 Å². The van der Waals surface area contributed by atoms with E-state index in [9.17, 15) is 9.59 Å². The first-order chi connectivity index (χ1) is 8.52. The Morgan fingerprint density at radius 3 is 2.94 bits per heavy atom. The number of rotatable bonds is 2. The highest BCUT2D eigenvalue weighted by Crippen LogP contribution is 2.35. The SMILES string of the molecule is CC1Oc2ccc(N)cc2N(CC(=O)NN)C1=O. The molecule has 18 heavy (non-hydrogen) atoms. The molecule has 96 valence electrons. The van der Waals surface area contributed by atoms with E-state index < -0.39 is 12.0 Å². The number of carbonyl (C=O) groups is 2. The Morgan fingerprint density at radius 1 is 1.56 bits per heavy atom. The highest BCUT2D eigenvalue weighted by atomic mass is 16.5. The molecule has 0 aliphatic carbocycles. The Hall–Kier alpha value is -2.28. The average molecular weight is 250 g/mol. The molecule has 1 aromatic carbocycles. The summed E-state index contributed by atoms with van der Waals surface area (Å²) in [7, 11) is 0. The molecule has 1 unspecified atom stereocenters. The molecule has 1 aromatic rings. The number of hydrogen-bond acceptors (Lipinski definition) is 5. The van der Waals surface area contributed by atoms with Crippen LogP contribution in [0.2, 0.25) is 0 Å². The van der Waals surface area contributed by atoms with Gasteiger partial charge in [0.05, 0.1) is 5.69 Å². The van der Waals surface area contributed by atoms with Crippen molar-refractivity contribution in [2.24, 2.45) is 5.84 Å². The lowest BCUT2D eigenvalue weighted by Crippen LogP contribution is -2.49. The van der Waals surface area contributed by atoms with Crippen LogP contribution in [0, 0.1) is 0 Å². The van der Waals surface area contributed by atoms with Crippen molar-refractivity contribution in [3.63, 3.8) is 0 Å². The van der Waals surface area contributed by atoms with Gasteiger partial charge in [0.15, 0.2) is 6.10 Å². The van der Waals surface area contributed by atoms with E-state index in [1.54, 1.807) is 25.1 Å². The van der Waals surface area contributed by atoms with Crippen LogP contribution < -0.4 is 26.6 Å². The highest BCUT2D eigenvalue weighted by molar-refractivity contribution is 6.03. The van der Waals surface area contributed by atoms with Gasteiger partial charge in [-0.05, 0) is 25.1 Å². The minimum Gasteiger partial charge on any atom is -0.479 e. The maximum Gasteiger partial charge on any atom is 0.268 e. The molecule has 0 fully saturated rings. The standard InChI is InChI=1S/C11H14N4O3/c1-6-11(17)15(5-10(16)14-13)8-4-7(12)2-3-9(8)18-6/h2-4,6H,5,12-13H2,1H3,(H,14,16). The molecule has 1 aliphatic heterocycles. The number of hydrazine groups is 1. The van der Waals surface area contributed by atoms with Gasteiger partial charge in [0, 0.05) is 5.69 Å². The minimum absolute atomic E-state index is 0.167. The van der Waals surface area contributed by atoms with Crippen molar-refractivity contribution in [3.8, 4) is 5.75 Å².